The standard InChI is InChI=1S/C16H22ClN3O3/c1-18(6-5-16(22)23)12-15(21)20-9-7-19(8-10-20)14-4-2-3-13(17)11-14/h2-4,11H,5-10,12H2,1H3,(H,22,23). The maximum Gasteiger partial charge on any atom is 0.304 e. The van der Waals surface area contributed by atoms with Crippen LogP contribution in [-0.2, 0) is 9.59 Å². The Morgan fingerprint density at radius 3 is 2.57 bits per heavy atom. The van der Waals surface area contributed by atoms with E-state index in [1.54, 1.807) is 11.9 Å². The van der Waals surface area contributed by atoms with Gasteiger partial charge >= 0.3 is 5.97 Å². The lowest BCUT2D eigenvalue weighted by Gasteiger charge is -2.36. The average Bonchev–Trinajstić information content (AvgIpc) is 2.53. The summed E-state index contributed by atoms with van der Waals surface area (Å²) in [5, 5.41) is 9.37. The van der Waals surface area contributed by atoms with E-state index in [9.17, 15) is 9.59 Å². The molecule has 1 heterocycles. The van der Waals surface area contributed by atoms with Gasteiger partial charge in [-0.2, -0.15) is 0 Å². The van der Waals surface area contributed by atoms with Crippen molar-refractivity contribution in [3.63, 3.8) is 0 Å². The first-order valence-electron chi connectivity index (χ1n) is 7.64. The Bertz CT molecular complexity index is 559. The topological polar surface area (TPSA) is 64.1 Å². The second-order valence-electron chi connectivity index (χ2n) is 5.73. The van der Waals surface area contributed by atoms with E-state index in [0.29, 0.717) is 24.7 Å². The van der Waals surface area contributed by atoms with E-state index in [0.717, 1.165) is 18.8 Å². The Morgan fingerprint density at radius 2 is 1.96 bits per heavy atom. The molecule has 0 aliphatic carbocycles. The fourth-order valence-corrected chi connectivity index (χ4v) is 2.77. The second-order valence-corrected chi connectivity index (χ2v) is 6.17. The van der Waals surface area contributed by atoms with Crippen LogP contribution in [0.25, 0.3) is 0 Å². The number of amides is 1. The lowest BCUT2D eigenvalue weighted by molar-refractivity contribution is -0.138. The van der Waals surface area contributed by atoms with Gasteiger partial charge in [-0.3, -0.25) is 14.5 Å². The van der Waals surface area contributed by atoms with Gasteiger partial charge in [0.25, 0.3) is 0 Å². The number of piperazine rings is 1. The molecule has 0 aromatic heterocycles. The molecule has 23 heavy (non-hydrogen) atoms. The molecule has 0 bridgehead atoms. The summed E-state index contributed by atoms with van der Waals surface area (Å²) in [4.78, 5) is 28.6. The van der Waals surface area contributed by atoms with Crippen LogP contribution in [0, 0.1) is 0 Å². The number of nitrogens with zero attached hydrogens (tertiary/aromatic N) is 3. The number of carboxylic acid groups (broad SMARTS) is 1. The maximum absolute atomic E-state index is 12.2. The minimum atomic E-state index is -0.848. The van der Waals surface area contributed by atoms with Crippen LogP contribution in [0.1, 0.15) is 6.42 Å². The summed E-state index contributed by atoms with van der Waals surface area (Å²) < 4.78 is 0. The number of likely N-dealkylation sites (N-methyl/N-ethyl adjacent to an activating group) is 1. The first-order chi connectivity index (χ1) is 11.0. The summed E-state index contributed by atoms with van der Waals surface area (Å²) in [5.74, 6) is -0.803. The first-order valence-corrected chi connectivity index (χ1v) is 8.02. The van der Waals surface area contributed by atoms with E-state index in [2.05, 4.69) is 4.90 Å². The van der Waals surface area contributed by atoms with Crippen LogP contribution in [-0.4, -0.2) is 73.1 Å². The second kappa shape index (κ2) is 8.17. The lowest BCUT2D eigenvalue weighted by atomic mass is 10.2. The molecule has 0 saturated carbocycles. The van der Waals surface area contributed by atoms with Gasteiger partial charge in [0, 0.05) is 43.4 Å². The number of carbonyl (C=O) groups excluding carboxylic acids is 1. The molecule has 1 aromatic carbocycles. The van der Waals surface area contributed by atoms with E-state index >= 15 is 0 Å². The minimum absolute atomic E-state index is 0.0450. The van der Waals surface area contributed by atoms with Crippen LogP contribution in [0.3, 0.4) is 0 Å². The molecular formula is C16H22ClN3O3. The summed E-state index contributed by atoms with van der Waals surface area (Å²) in [6.45, 7) is 3.50. The number of halogens is 1. The van der Waals surface area contributed by atoms with Crippen molar-refractivity contribution in [2.45, 2.75) is 6.42 Å². The monoisotopic (exact) mass is 339 g/mol. The summed E-state index contributed by atoms with van der Waals surface area (Å²) in [5.41, 5.74) is 1.07. The number of carbonyl (C=O) groups is 2. The van der Waals surface area contributed by atoms with Crippen molar-refractivity contribution in [2.24, 2.45) is 0 Å². The number of rotatable bonds is 6. The predicted octanol–water partition coefficient (Wildman–Crippen LogP) is 1.40. The molecule has 0 unspecified atom stereocenters. The third kappa shape index (κ3) is 5.41. The largest absolute Gasteiger partial charge is 0.481 e. The number of hydrogen-bond donors (Lipinski definition) is 1. The number of aliphatic carboxylic acids is 1. The third-order valence-corrected chi connectivity index (χ3v) is 4.15. The predicted molar refractivity (Wildman–Crippen MR) is 90.0 cm³/mol. The number of anilines is 1. The van der Waals surface area contributed by atoms with Crippen molar-refractivity contribution in [3.8, 4) is 0 Å². The van der Waals surface area contributed by atoms with Gasteiger partial charge in [-0.1, -0.05) is 17.7 Å². The quantitative estimate of drug-likeness (QED) is 0.848. The molecule has 1 aliphatic rings. The Labute approximate surface area is 141 Å². The smallest absolute Gasteiger partial charge is 0.304 e. The highest BCUT2D eigenvalue weighted by Crippen LogP contribution is 2.20. The van der Waals surface area contributed by atoms with Crippen LogP contribution >= 0.6 is 11.6 Å². The van der Waals surface area contributed by atoms with Crippen molar-refractivity contribution in [1.82, 2.24) is 9.80 Å². The molecule has 1 aliphatic heterocycles. The molecule has 0 spiro atoms. The summed E-state index contributed by atoms with van der Waals surface area (Å²) in [6, 6.07) is 7.71. The highest BCUT2D eigenvalue weighted by atomic mass is 35.5. The van der Waals surface area contributed by atoms with Gasteiger partial charge in [0.05, 0.1) is 13.0 Å². The van der Waals surface area contributed by atoms with Crippen LogP contribution in [0.2, 0.25) is 5.02 Å². The Balaban J connectivity index is 1.79. The molecule has 2 rings (SSSR count). The van der Waals surface area contributed by atoms with Gasteiger partial charge in [-0.25, -0.2) is 0 Å². The summed E-state index contributed by atoms with van der Waals surface area (Å²) in [7, 11) is 1.77. The molecule has 0 radical (unpaired) electrons. The fourth-order valence-electron chi connectivity index (χ4n) is 2.58. The van der Waals surface area contributed by atoms with Crippen molar-refractivity contribution in [2.75, 3.05) is 51.2 Å². The third-order valence-electron chi connectivity index (χ3n) is 3.92. The van der Waals surface area contributed by atoms with Crippen LogP contribution < -0.4 is 4.90 Å². The average molecular weight is 340 g/mol. The number of benzene rings is 1. The highest BCUT2D eigenvalue weighted by Gasteiger charge is 2.22. The van der Waals surface area contributed by atoms with Crippen LogP contribution in [0.5, 0.6) is 0 Å². The zero-order valence-electron chi connectivity index (χ0n) is 13.2. The minimum Gasteiger partial charge on any atom is -0.481 e. The van der Waals surface area contributed by atoms with Crippen LogP contribution in [0.15, 0.2) is 24.3 Å². The normalized spacial score (nSPS) is 15.1. The van der Waals surface area contributed by atoms with E-state index in [-0.39, 0.29) is 18.9 Å². The van der Waals surface area contributed by atoms with Gasteiger partial charge < -0.3 is 14.9 Å². The Hall–Kier alpha value is -1.79. The van der Waals surface area contributed by atoms with Gasteiger partial charge in [0.15, 0.2) is 0 Å². The molecule has 1 N–H and O–H groups in total. The molecule has 1 amide bonds. The van der Waals surface area contributed by atoms with Gasteiger partial charge in [-0.15, -0.1) is 0 Å². The fraction of sp³-hybridized carbons (Fsp3) is 0.500. The molecule has 1 fully saturated rings. The number of carboxylic acids is 1. The molecule has 126 valence electrons. The molecule has 7 heteroatoms. The van der Waals surface area contributed by atoms with E-state index in [1.807, 2.05) is 29.2 Å². The molecule has 6 nitrogen and oxygen atoms in total. The van der Waals surface area contributed by atoms with Gasteiger partial charge in [0.2, 0.25) is 5.91 Å². The van der Waals surface area contributed by atoms with E-state index in [1.165, 1.54) is 0 Å². The van der Waals surface area contributed by atoms with E-state index in [4.69, 9.17) is 16.7 Å². The summed E-state index contributed by atoms with van der Waals surface area (Å²) in [6.07, 6.45) is 0.0479. The Kier molecular flexibility index (Phi) is 6.24. The van der Waals surface area contributed by atoms with Crippen molar-refractivity contribution in [3.05, 3.63) is 29.3 Å². The zero-order valence-corrected chi connectivity index (χ0v) is 14.0. The Morgan fingerprint density at radius 1 is 1.26 bits per heavy atom. The molecule has 0 atom stereocenters. The lowest BCUT2D eigenvalue weighted by Crippen LogP contribution is -2.51. The zero-order chi connectivity index (χ0) is 16.8. The SMILES string of the molecule is CN(CCC(=O)O)CC(=O)N1CCN(c2cccc(Cl)c2)CC1. The molecule has 1 aromatic rings. The van der Waals surface area contributed by atoms with Crippen molar-refractivity contribution < 1.29 is 14.7 Å². The first kappa shape index (κ1) is 17.6. The number of hydrogen-bond acceptors (Lipinski definition) is 4. The maximum atomic E-state index is 12.2. The summed E-state index contributed by atoms with van der Waals surface area (Å²) >= 11 is 6.01. The van der Waals surface area contributed by atoms with Crippen LogP contribution in [0.4, 0.5) is 5.69 Å². The van der Waals surface area contributed by atoms with Gasteiger partial charge in [0.1, 0.15) is 0 Å². The van der Waals surface area contributed by atoms with Crippen molar-refractivity contribution in [1.29, 1.82) is 0 Å². The van der Waals surface area contributed by atoms with Gasteiger partial charge in [-0.05, 0) is 25.2 Å². The highest BCUT2D eigenvalue weighted by molar-refractivity contribution is 6.30. The molecular weight excluding hydrogens is 318 g/mol. The van der Waals surface area contributed by atoms with Crippen molar-refractivity contribution >= 4 is 29.2 Å². The molecule has 1 saturated heterocycles. The van der Waals surface area contributed by atoms with E-state index < -0.39 is 5.97 Å².